The molecule has 0 aliphatic carbocycles. The van der Waals surface area contributed by atoms with E-state index in [0.29, 0.717) is 18.9 Å². The lowest BCUT2D eigenvalue weighted by molar-refractivity contribution is 0.441. The van der Waals surface area contributed by atoms with Gasteiger partial charge in [-0.15, -0.1) is 0 Å². The lowest BCUT2D eigenvalue weighted by Crippen LogP contribution is -2.38. The van der Waals surface area contributed by atoms with Gasteiger partial charge in [-0.25, -0.2) is 0 Å². The van der Waals surface area contributed by atoms with Gasteiger partial charge in [0.25, 0.3) is 0 Å². The van der Waals surface area contributed by atoms with Crippen LogP contribution in [0, 0.1) is 11.3 Å². The first-order valence-electron chi connectivity index (χ1n) is 4.57. The Morgan fingerprint density at radius 3 is 2.62 bits per heavy atom. The van der Waals surface area contributed by atoms with E-state index in [-0.39, 0.29) is 6.04 Å². The summed E-state index contributed by atoms with van der Waals surface area (Å²) >= 11 is 0. The van der Waals surface area contributed by atoms with Crippen LogP contribution < -0.4 is 5.73 Å². The first kappa shape index (κ1) is 11.8. The molecule has 0 unspecified atom stereocenters. The monoisotopic (exact) mass is 182 g/mol. The third-order valence-corrected chi connectivity index (χ3v) is 1.59. The van der Waals surface area contributed by atoms with Gasteiger partial charge < -0.3 is 10.6 Å². The second kappa shape index (κ2) is 6.30. The largest absolute Gasteiger partial charge is 0.370 e. The fraction of sp³-hybridized carbons (Fsp3) is 0.778. The van der Waals surface area contributed by atoms with Crippen molar-refractivity contribution < 1.29 is 0 Å². The summed E-state index contributed by atoms with van der Waals surface area (Å²) in [6.45, 7) is 7.41. The van der Waals surface area contributed by atoms with Gasteiger partial charge >= 0.3 is 0 Å². The Morgan fingerprint density at radius 2 is 2.23 bits per heavy atom. The van der Waals surface area contributed by atoms with Crippen LogP contribution in [0.3, 0.4) is 0 Å². The molecule has 0 fully saturated rings. The first-order valence-corrected chi connectivity index (χ1v) is 4.57. The number of hydrogen-bond donors (Lipinski definition) is 1. The molecule has 0 aromatic carbocycles. The fourth-order valence-corrected chi connectivity index (χ4v) is 0.966. The predicted molar refractivity (Wildman–Crippen MR) is 54.2 cm³/mol. The number of rotatable bonds is 4. The Kier molecular flexibility index (Phi) is 5.69. The van der Waals surface area contributed by atoms with E-state index >= 15 is 0 Å². The third kappa shape index (κ3) is 5.07. The molecule has 0 aromatic heterocycles. The Labute approximate surface area is 80.0 Å². The molecule has 13 heavy (non-hydrogen) atoms. The zero-order valence-corrected chi connectivity index (χ0v) is 8.62. The minimum Gasteiger partial charge on any atom is -0.370 e. The second-order valence-electron chi connectivity index (χ2n) is 3.07. The molecule has 0 aliphatic rings. The number of guanidine groups is 1. The number of aliphatic imine (C=N–C) groups is 1. The summed E-state index contributed by atoms with van der Waals surface area (Å²) in [6.07, 6.45) is 0.488. The molecule has 0 saturated carbocycles. The number of nitriles is 1. The summed E-state index contributed by atoms with van der Waals surface area (Å²) in [4.78, 5) is 6.12. The maximum absolute atomic E-state index is 8.42. The molecule has 0 saturated heterocycles. The molecule has 0 radical (unpaired) electrons. The summed E-state index contributed by atoms with van der Waals surface area (Å²) in [5.41, 5.74) is 5.74. The van der Waals surface area contributed by atoms with Gasteiger partial charge in [0, 0.05) is 19.1 Å². The van der Waals surface area contributed by atoms with Crippen molar-refractivity contribution in [1.29, 1.82) is 5.26 Å². The van der Waals surface area contributed by atoms with Gasteiger partial charge in [-0.05, 0) is 20.8 Å². The molecular weight excluding hydrogens is 164 g/mol. The van der Waals surface area contributed by atoms with Crippen LogP contribution in [0.25, 0.3) is 0 Å². The lowest BCUT2D eigenvalue weighted by atomic mass is 10.4. The number of nitrogens with zero attached hydrogens (tertiary/aromatic N) is 3. The smallest absolute Gasteiger partial charge is 0.191 e. The maximum atomic E-state index is 8.42. The molecule has 0 spiro atoms. The predicted octanol–water partition coefficient (Wildman–Crippen LogP) is 0.945. The molecular formula is C9H18N4. The van der Waals surface area contributed by atoms with E-state index in [2.05, 4.69) is 11.1 Å². The quantitative estimate of drug-likeness (QED) is 0.520. The van der Waals surface area contributed by atoms with Gasteiger partial charge in [-0.3, -0.25) is 4.99 Å². The van der Waals surface area contributed by atoms with Crippen LogP contribution >= 0.6 is 0 Å². The summed E-state index contributed by atoms with van der Waals surface area (Å²) in [5.74, 6) is 0.535. The lowest BCUT2D eigenvalue weighted by Gasteiger charge is -2.20. The van der Waals surface area contributed by atoms with E-state index in [1.165, 1.54) is 0 Å². The van der Waals surface area contributed by atoms with Crippen molar-refractivity contribution in [1.82, 2.24) is 4.90 Å². The van der Waals surface area contributed by atoms with E-state index < -0.39 is 0 Å². The topological polar surface area (TPSA) is 65.4 Å². The Hall–Kier alpha value is -1.24. The fourth-order valence-electron chi connectivity index (χ4n) is 0.966. The molecule has 0 atom stereocenters. The van der Waals surface area contributed by atoms with Crippen molar-refractivity contribution in [3.63, 3.8) is 0 Å². The van der Waals surface area contributed by atoms with E-state index in [9.17, 15) is 0 Å². The molecule has 4 heteroatoms. The number of hydrogen-bond acceptors (Lipinski definition) is 2. The van der Waals surface area contributed by atoms with Crippen LogP contribution in [0.4, 0.5) is 0 Å². The first-order chi connectivity index (χ1) is 6.11. The van der Waals surface area contributed by atoms with Gasteiger partial charge in [0.1, 0.15) is 0 Å². The average Bonchev–Trinajstić information content (AvgIpc) is 2.04. The molecule has 0 heterocycles. The molecule has 4 nitrogen and oxygen atoms in total. The average molecular weight is 182 g/mol. The van der Waals surface area contributed by atoms with Crippen molar-refractivity contribution in [2.45, 2.75) is 33.2 Å². The highest BCUT2D eigenvalue weighted by Crippen LogP contribution is 1.93. The zero-order valence-electron chi connectivity index (χ0n) is 8.62. The minimum atomic E-state index is 0.205. The van der Waals surface area contributed by atoms with E-state index in [1.54, 1.807) is 0 Å². The second-order valence-corrected chi connectivity index (χ2v) is 3.07. The van der Waals surface area contributed by atoms with Crippen molar-refractivity contribution in [2.75, 3.05) is 13.1 Å². The van der Waals surface area contributed by atoms with Gasteiger partial charge in [-0.2, -0.15) is 5.26 Å². The zero-order chi connectivity index (χ0) is 10.3. The highest BCUT2D eigenvalue weighted by atomic mass is 15.2. The summed E-state index contributed by atoms with van der Waals surface area (Å²) in [7, 11) is 0. The maximum Gasteiger partial charge on any atom is 0.191 e. The van der Waals surface area contributed by atoms with Crippen LogP contribution in [-0.2, 0) is 0 Å². The number of nitrogens with two attached hydrogens (primary N) is 1. The molecule has 74 valence electrons. The van der Waals surface area contributed by atoms with Crippen molar-refractivity contribution in [2.24, 2.45) is 10.7 Å². The van der Waals surface area contributed by atoms with Crippen molar-refractivity contribution in [3.8, 4) is 6.07 Å². The Balaban J connectivity index is 4.15. The Morgan fingerprint density at radius 1 is 1.62 bits per heavy atom. The van der Waals surface area contributed by atoms with Gasteiger partial charge in [0.05, 0.1) is 12.5 Å². The minimum absolute atomic E-state index is 0.205. The summed E-state index contributed by atoms with van der Waals surface area (Å²) in [6, 6.07) is 2.29. The molecule has 2 N–H and O–H groups in total. The van der Waals surface area contributed by atoms with Gasteiger partial charge in [-0.1, -0.05) is 0 Å². The molecule has 0 amide bonds. The molecule has 0 bridgehead atoms. The van der Waals surface area contributed by atoms with Gasteiger partial charge in [0.2, 0.25) is 0 Å². The van der Waals surface area contributed by atoms with E-state index in [1.807, 2.05) is 25.7 Å². The summed E-state index contributed by atoms with van der Waals surface area (Å²) in [5, 5.41) is 8.42. The normalized spacial score (nSPS) is 11.5. The van der Waals surface area contributed by atoms with Crippen LogP contribution in [0.15, 0.2) is 4.99 Å². The third-order valence-electron chi connectivity index (χ3n) is 1.59. The van der Waals surface area contributed by atoms with Crippen LogP contribution in [0.5, 0.6) is 0 Å². The van der Waals surface area contributed by atoms with E-state index in [0.717, 1.165) is 6.54 Å². The molecule has 0 rings (SSSR count). The highest BCUT2D eigenvalue weighted by Gasteiger charge is 2.04. The van der Waals surface area contributed by atoms with Crippen LogP contribution in [0.2, 0.25) is 0 Å². The molecule has 0 aromatic rings. The SMILES string of the molecule is CCN(CCC#N)C(N)=NC(C)C. The van der Waals surface area contributed by atoms with Crippen LogP contribution in [0.1, 0.15) is 27.2 Å². The molecule has 0 aliphatic heterocycles. The Bertz CT molecular complexity index is 202. The van der Waals surface area contributed by atoms with Gasteiger partial charge in [0.15, 0.2) is 5.96 Å². The standard InChI is InChI=1S/C9H18N4/c1-4-13(7-5-6-10)9(11)12-8(2)3/h8H,4-5,7H2,1-3H3,(H2,11,12). The highest BCUT2D eigenvalue weighted by molar-refractivity contribution is 5.78. The van der Waals surface area contributed by atoms with Crippen molar-refractivity contribution >= 4 is 5.96 Å². The van der Waals surface area contributed by atoms with E-state index in [4.69, 9.17) is 11.0 Å². The summed E-state index contributed by atoms with van der Waals surface area (Å²) < 4.78 is 0. The van der Waals surface area contributed by atoms with Crippen molar-refractivity contribution in [3.05, 3.63) is 0 Å². The van der Waals surface area contributed by atoms with Crippen LogP contribution in [-0.4, -0.2) is 30.0 Å².